The van der Waals surface area contributed by atoms with Crippen LogP contribution in [0.1, 0.15) is 17.8 Å². The van der Waals surface area contributed by atoms with E-state index in [9.17, 15) is 8.42 Å². The molecule has 1 heterocycles. The number of aromatic nitrogens is 2. The van der Waals surface area contributed by atoms with Crippen molar-refractivity contribution in [2.24, 2.45) is 5.73 Å². The van der Waals surface area contributed by atoms with Crippen LogP contribution in [0.15, 0.2) is 4.52 Å². The molecule has 0 spiro atoms. The number of nitrogens with zero attached hydrogens (tertiary/aromatic N) is 3. The molecule has 1 unspecified atom stereocenters. The first-order chi connectivity index (χ1) is 7.28. The maximum atomic E-state index is 11.0. The van der Waals surface area contributed by atoms with E-state index in [1.165, 1.54) is 0 Å². The Morgan fingerprint density at radius 2 is 2.12 bits per heavy atom. The molecule has 0 aromatic carbocycles. The van der Waals surface area contributed by atoms with Crippen LogP contribution < -0.4 is 5.73 Å². The van der Waals surface area contributed by atoms with E-state index in [0.29, 0.717) is 12.4 Å². The van der Waals surface area contributed by atoms with Crippen LogP contribution in [0, 0.1) is 0 Å². The van der Waals surface area contributed by atoms with Crippen molar-refractivity contribution >= 4 is 9.84 Å². The molecule has 0 amide bonds. The van der Waals surface area contributed by atoms with Gasteiger partial charge in [0, 0.05) is 12.8 Å². The molecule has 92 valence electrons. The molecule has 0 aliphatic carbocycles. The van der Waals surface area contributed by atoms with Gasteiger partial charge in [0.1, 0.15) is 5.75 Å². The zero-order chi connectivity index (χ0) is 12.3. The smallest absolute Gasteiger partial charge is 0.241 e. The Labute approximate surface area is 94.5 Å². The second-order valence-corrected chi connectivity index (χ2v) is 6.13. The van der Waals surface area contributed by atoms with E-state index in [2.05, 4.69) is 10.1 Å². The summed E-state index contributed by atoms with van der Waals surface area (Å²) < 4.78 is 26.8. The molecule has 0 fully saturated rings. The summed E-state index contributed by atoms with van der Waals surface area (Å²) in [4.78, 5) is 5.83. The van der Waals surface area contributed by atoms with Gasteiger partial charge in [0.2, 0.25) is 5.89 Å². The third kappa shape index (κ3) is 4.25. The average molecular weight is 248 g/mol. The highest BCUT2D eigenvalue weighted by molar-refractivity contribution is 7.89. The number of likely N-dealkylation sites (N-methyl/N-ethyl adjacent to an activating group) is 1. The molecule has 0 bridgehead atoms. The van der Waals surface area contributed by atoms with Crippen molar-refractivity contribution in [2.75, 3.05) is 26.9 Å². The number of hydrogen-bond donors (Lipinski definition) is 1. The summed E-state index contributed by atoms with van der Waals surface area (Å²) in [6.07, 6.45) is 1.11. The fraction of sp³-hybridized carbons (Fsp3) is 0.750. The van der Waals surface area contributed by atoms with Gasteiger partial charge in [-0.25, -0.2) is 8.42 Å². The third-order valence-electron chi connectivity index (χ3n) is 1.76. The average Bonchev–Trinajstić information content (AvgIpc) is 2.48. The normalized spacial score (nSPS) is 14.3. The van der Waals surface area contributed by atoms with Gasteiger partial charge in [0.25, 0.3) is 0 Å². The van der Waals surface area contributed by atoms with Gasteiger partial charge in [-0.05, 0) is 14.1 Å². The second-order valence-electron chi connectivity index (χ2n) is 3.99. The number of nitrogens with two attached hydrogens (primary N) is 1. The zero-order valence-corrected chi connectivity index (χ0v) is 10.4. The van der Waals surface area contributed by atoms with Gasteiger partial charge in [-0.3, -0.25) is 0 Å². The summed E-state index contributed by atoms with van der Waals surface area (Å²) in [6, 6.07) is -0.382. The van der Waals surface area contributed by atoms with E-state index in [1.807, 2.05) is 19.0 Å². The molecule has 1 rings (SSSR count). The highest BCUT2D eigenvalue weighted by Gasteiger charge is 2.17. The van der Waals surface area contributed by atoms with Gasteiger partial charge in [-0.15, -0.1) is 0 Å². The Balaban J connectivity index is 2.71. The SMILES string of the molecule is CN(C)CC(N)c1noc(CS(C)(=O)=O)n1. The Morgan fingerprint density at radius 1 is 1.50 bits per heavy atom. The van der Waals surface area contributed by atoms with Crippen LogP contribution >= 0.6 is 0 Å². The van der Waals surface area contributed by atoms with Gasteiger partial charge < -0.3 is 15.2 Å². The van der Waals surface area contributed by atoms with E-state index in [4.69, 9.17) is 10.3 Å². The summed E-state index contributed by atoms with van der Waals surface area (Å²) in [5.41, 5.74) is 5.80. The number of sulfone groups is 1. The molecule has 0 radical (unpaired) electrons. The van der Waals surface area contributed by atoms with Gasteiger partial charge in [-0.2, -0.15) is 4.98 Å². The number of rotatable bonds is 5. The van der Waals surface area contributed by atoms with Gasteiger partial charge in [-0.1, -0.05) is 5.16 Å². The fourth-order valence-electron chi connectivity index (χ4n) is 1.18. The summed E-state index contributed by atoms with van der Waals surface area (Å²) in [6.45, 7) is 0.567. The molecule has 0 aliphatic rings. The lowest BCUT2D eigenvalue weighted by Gasteiger charge is -2.12. The highest BCUT2D eigenvalue weighted by Crippen LogP contribution is 2.08. The van der Waals surface area contributed by atoms with Crippen LogP contribution in [0.2, 0.25) is 0 Å². The van der Waals surface area contributed by atoms with Crippen molar-refractivity contribution in [3.05, 3.63) is 11.7 Å². The molecule has 7 nitrogen and oxygen atoms in total. The van der Waals surface area contributed by atoms with Crippen LogP contribution in [-0.2, 0) is 15.6 Å². The Hall–Kier alpha value is -0.990. The zero-order valence-electron chi connectivity index (χ0n) is 9.54. The molecule has 0 saturated heterocycles. The maximum absolute atomic E-state index is 11.0. The third-order valence-corrected chi connectivity index (χ3v) is 2.53. The van der Waals surface area contributed by atoms with Gasteiger partial charge >= 0.3 is 0 Å². The van der Waals surface area contributed by atoms with Crippen LogP contribution in [0.3, 0.4) is 0 Å². The van der Waals surface area contributed by atoms with Crippen molar-refractivity contribution in [1.82, 2.24) is 15.0 Å². The molecule has 0 aliphatic heterocycles. The predicted molar refractivity (Wildman–Crippen MR) is 58.3 cm³/mol. The predicted octanol–water partition coefficient (Wildman–Crippen LogP) is -0.824. The minimum atomic E-state index is -3.16. The summed E-state index contributed by atoms with van der Waals surface area (Å²) in [5, 5.41) is 3.65. The first-order valence-electron chi connectivity index (χ1n) is 4.68. The van der Waals surface area contributed by atoms with Crippen LogP contribution in [-0.4, -0.2) is 50.4 Å². The Morgan fingerprint density at radius 3 is 2.62 bits per heavy atom. The summed E-state index contributed by atoms with van der Waals surface area (Å²) >= 11 is 0. The van der Waals surface area contributed by atoms with E-state index < -0.39 is 9.84 Å². The molecular formula is C8H16N4O3S. The second kappa shape index (κ2) is 4.89. The fourth-order valence-corrected chi connectivity index (χ4v) is 1.74. The van der Waals surface area contributed by atoms with Crippen molar-refractivity contribution < 1.29 is 12.9 Å². The Bertz CT molecular complexity index is 440. The lowest BCUT2D eigenvalue weighted by Crippen LogP contribution is -2.26. The van der Waals surface area contributed by atoms with Crippen molar-refractivity contribution in [2.45, 2.75) is 11.8 Å². The first-order valence-corrected chi connectivity index (χ1v) is 6.74. The molecule has 1 atom stereocenters. The van der Waals surface area contributed by atoms with Crippen molar-refractivity contribution in [3.8, 4) is 0 Å². The summed E-state index contributed by atoms with van der Waals surface area (Å²) in [5.74, 6) is 0.147. The molecule has 8 heteroatoms. The molecular weight excluding hydrogens is 232 g/mol. The first kappa shape index (κ1) is 13.1. The van der Waals surface area contributed by atoms with Crippen LogP contribution in [0.5, 0.6) is 0 Å². The molecule has 1 aromatic heterocycles. The molecule has 2 N–H and O–H groups in total. The van der Waals surface area contributed by atoms with Crippen LogP contribution in [0.25, 0.3) is 0 Å². The van der Waals surface area contributed by atoms with E-state index in [0.717, 1.165) is 6.26 Å². The number of hydrogen-bond acceptors (Lipinski definition) is 7. The minimum absolute atomic E-state index is 0.0757. The largest absolute Gasteiger partial charge is 0.338 e. The monoisotopic (exact) mass is 248 g/mol. The van der Waals surface area contributed by atoms with Gasteiger partial charge in [0.05, 0.1) is 6.04 Å². The van der Waals surface area contributed by atoms with Gasteiger partial charge in [0.15, 0.2) is 15.7 Å². The topological polar surface area (TPSA) is 102 Å². The lowest BCUT2D eigenvalue weighted by atomic mass is 10.3. The minimum Gasteiger partial charge on any atom is -0.338 e. The quantitative estimate of drug-likeness (QED) is 0.725. The van der Waals surface area contributed by atoms with E-state index in [-0.39, 0.29) is 17.7 Å². The lowest BCUT2D eigenvalue weighted by molar-refractivity contribution is 0.349. The van der Waals surface area contributed by atoms with Crippen molar-refractivity contribution in [1.29, 1.82) is 0 Å². The van der Waals surface area contributed by atoms with E-state index >= 15 is 0 Å². The molecule has 16 heavy (non-hydrogen) atoms. The Kier molecular flexibility index (Phi) is 4.00. The molecule has 0 saturated carbocycles. The summed E-state index contributed by atoms with van der Waals surface area (Å²) in [7, 11) is 0.585. The highest BCUT2D eigenvalue weighted by atomic mass is 32.2. The van der Waals surface area contributed by atoms with Crippen LogP contribution in [0.4, 0.5) is 0 Å². The standard InChI is InChI=1S/C8H16N4O3S/c1-12(2)4-6(9)8-10-7(15-11-8)5-16(3,13)14/h6H,4-5,9H2,1-3H3. The maximum Gasteiger partial charge on any atom is 0.241 e. The van der Waals surface area contributed by atoms with Crippen molar-refractivity contribution in [3.63, 3.8) is 0 Å². The molecule has 1 aromatic rings. The van der Waals surface area contributed by atoms with E-state index in [1.54, 1.807) is 0 Å².